The number of thiophene rings is 1. The Morgan fingerprint density at radius 1 is 1.47 bits per heavy atom. The van der Waals surface area contributed by atoms with Crippen molar-refractivity contribution < 1.29 is 0 Å². The molecule has 84 valence electrons. The van der Waals surface area contributed by atoms with E-state index < -0.39 is 0 Å². The highest BCUT2D eigenvalue weighted by molar-refractivity contribution is 7.07. The van der Waals surface area contributed by atoms with Crippen molar-refractivity contribution in [2.45, 2.75) is 32.6 Å². The molecular weight excluding hydrogens is 202 g/mol. The van der Waals surface area contributed by atoms with Crippen LogP contribution in [0.5, 0.6) is 0 Å². The Kier molecular flexibility index (Phi) is 3.81. The van der Waals surface area contributed by atoms with Gasteiger partial charge in [-0.15, -0.1) is 0 Å². The van der Waals surface area contributed by atoms with Gasteiger partial charge in [-0.3, -0.25) is 0 Å². The van der Waals surface area contributed by atoms with Crippen molar-refractivity contribution in [1.82, 2.24) is 5.32 Å². The summed E-state index contributed by atoms with van der Waals surface area (Å²) in [7, 11) is 0. The lowest BCUT2D eigenvalue weighted by Gasteiger charge is -2.36. The molecule has 0 radical (unpaired) electrons. The fourth-order valence-electron chi connectivity index (χ4n) is 2.30. The first-order valence-corrected chi connectivity index (χ1v) is 6.94. The van der Waals surface area contributed by atoms with E-state index in [-0.39, 0.29) is 0 Å². The van der Waals surface area contributed by atoms with Crippen molar-refractivity contribution in [3.63, 3.8) is 0 Å². The van der Waals surface area contributed by atoms with Crippen LogP contribution in [0.15, 0.2) is 16.8 Å². The molecule has 2 unspecified atom stereocenters. The molecule has 0 saturated heterocycles. The maximum Gasteiger partial charge on any atom is -0.00145 e. The molecule has 1 aliphatic carbocycles. The van der Waals surface area contributed by atoms with Crippen LogP contribution in [0.4, 0.5) is 0 Å². The monoisotopic (exact) mass is 223 g/mol. The number of hydrogen-bond acceptors (Lipinski definition) is 2. The van der Waals surface area contributed by atoms with Gasteiger partial charge in [-0.1, -0.05) is 13.8 Å². The van der Waals surface area contributed by atoms with Crippen LogP contribution in [0.25, 0.3) is 0 Å². The summed E-state index contributed by atoms with van der Waals surface area (Å²) in [5.74, 6) is 2.50. The second kappa shape index (κ2) is 5.13. The first kappa shape index (κ1) is 11.2. The first-order valence-electron chi connectivity index (χ1n) is 6.00. The van der Waals surface area contributed by atoms with E-state index in [2.05, 4.69) is 36.0 Å². The van der Waals surface area contributed by atoms with Crippen molar-refractivity contribution in [3.05, 3.63) is 22.4 Å². The molecule has 0 bridgehead atoms. The van der Waals surface area contributed by atoms with Gasteiger partial charge in [-0.25, -0.2) is 0 Å². The molecule has 0 amide bonds. The smallest absolute Gasteiger partial charge is 0.00145 e. The summed E-state index contributed by atoms with van der Waals surface area (Å²) in [6, 6.07) is 2.30. The minimum atomic E-state index is 0.768. The molecule has 2 rings (SSSR count). The van der Waals surface area contributed by atoms with Crippen LogP contribution >= 0.6 is 11.3 Å². The fourth-order valence-corrected chi connectivity index (χ4v) is 3.02. The van der Waals surface area contributed by atoms with Gasteiger partial charge in [0.25, 0.3) is 0 Å². The molecule has 1 heterocycles. The lowest BCUT2D eigenvalue weighted by molar-refractivity contribution is 0.244. The Morgan fingerprint density at radius 2 is 2.33 bits per heavy atom. The molecule has 0 aromatic carbocycles. The van der Waals surface area contributed by atoms with Crippen LogP contribution < -0.4 is 5.32 Å². The van der Waals surface area contributed by atoms with Crippen molar-refractivity contribution in [1.29, 1.82) is 0 Å². The maximum atomic E-state index is 3.58. The molecule has 15 heavy (non-hydrogen) atoms. The Bertz CT molecular complexity index is 279. The Morgan fingerprint density at radius 3 is 2.87 bits per heavy atom. The summed E-state index contributed by atoms with van der Waals surface area (Å²) in [6.07, 6.45) is 2.80. The molecule has 2 heteroatoms. The van der Waals surface area contributed by atoms with Crippen molar-refractivity contribution in [3.8, 4) is 0 Å². The predicted molar refractivity (Wildman–Crippen MR) is 67.5 cm³/mol. The normalized spacial score (nSPS) is 25.5. The van der Waals surface area contributed by atoms with Crippen LogP contribution in [0.3, 0.4) is 0 Å². The quantitative estimate of drug-likeness (QED) is 0.806. The molecule has 1 aromatic heterocycles. The number of rotatable bonds is 5. The summed E-state index contributed by atoms with van der Waals surface area (Å²) in [4.78, 5) is 0. The van der Waals surface area contributed by atoms with E-state index in [4.69, 9.17) is 0 Å². The second-order valence-corrected chi connectivity index (χ2v) is 5.83. The molecule has 1 nitrogen and oxygen atoms in total. The third-order valence-electron chi connectivity index (χ3n) is 3.35. The second-order valence-electron chi connectivity index (χ2n) is 5.05. The SMILES string of the molecule is CC(C)CNCC1CCC1c1ccsc1. The molecule has 1 aromatic rings. The fraction of sp³-hybridized carbons (Fsp3) is 0.692. The van der Waals surface area contributed by atoms with E-state index in [1.807, 2.05) is 11.3 Å². The topological polar surface area (TPSA) is 12.0 Å². The predicted octanol–water partition coefficient (Wildman–Crippen LogP) is 3.49. The molecular formula is C13H21NS. The lowest BCUT2D eigenvalue weighted by Crippen LogP contribution is -2.35. The average Bonchev–Trinajstić information content (AvgIpc) is 2.63. The van der Waals surface area contributed by atoms with Crippen LogP contribution in [0, 0.1) is 11.8 Å². The first-order chi connectivity index (χ1) is 7.27. The summed E-state index contributed by atoms with van der Waals surface area (Å²) in [5, 5.41) is 8.10. The van der Waals surface area contributed by atoms with Gasteiger partial charge in [0.2, 0.25) is 0 Å². The van der Waals surface area contributed by atoms with Gasteiger partial charge in [0.15, 0.2) is 0 Å². The number of nitrogens with one attached hydrogen (secondary N) is 1. The van der Waals surface area contributed by atoms with E-state index in [0.717, 1.165) is 24.3 Å². The zero-order valence-electron chi connectivity index (χ0n) is 9.70. The van der Waals surface area contributed by atoms with Crippen molar-refractivity contribution in [2.24, 2.45) is 11.8 Å². The highest BCUT2D eigenvalue weighted by atomic mass is 32.1. The van der Waals surface area contributed by atoms with E-state index >= 15 is 0 Å². The Balaban J connectivity index is 1.75. The van der Waals surface area contributed by atoms with Crippen LogP contribution in [0.2, 0.25) is 0 Å². The van der Waals surface area contributed by atoms with Gasteiger partial charge in [-0.2, -0.15) is 11.3 Å². The summed E-state index contributed by atoms with van der Waals surface area (Å²) < 4.78 is 0. The van der Waals surface area contributed by atoms with E-state index in [1.54, 1.807) is 5.56 Å². The highest BCUT2D eigenvalue weighted by Gasteiger charge is 2.31. The lowest BCUT2D eigenvalue weighted by atomic mass is 9.70. The van der Waals surface area contributed by atoms with Gasteiger partial charge < -0.3 is 5.32 Å². The standard InChI is InChI=1S/C13H21NS/c1-10(2)7-14-8-11-3-4-13(11)12-5-6-15-9-12/h5-6,9-11,13-14H,3-4,7-8H2,1-2H3. The van der Waals surface area contributed by atoms with Crippen LogP contribution in [-0.4, -0.2) is 13.1 Å². The zero-order valence-corrected chi connectivity index (χ0v) is 10.5. The average molecular weight is 223 g/mol. The molecule has 1 N–H and O–H groups in total. The van der Waals surface area contributed by atoms with E-state index in [1.165, 1.54) is 19.4 Å². The van der Waals surface area contributed by atoms with Gasteiger partial charge in [0.1, 0.15) is 0 Å². The molecule has 2 atom stereocenters. The number of hydrogen-bond donors (Lipinski definition) is 1. The third kappa shape index (κ3) is 2.82. The maximum absolute atomic E-state index is 3.58. The Labute approximate surface area is 96.9 Å². The molecule has 1 aliphatic rings. The van der Waals surface area contributed by atoms with Crippen LogP contribution in [0.1, 0.15) is 38.2 Å². The summed E-state index contributed by atoms with van der Waals surface area (Å²) in [6.45, 7) is 6.90. The summed E-state index contributed by atoms with van der Waals surface area (Å²) in [5.41, 5.74) is 1.57. The molecule has 0 spiro atoms. The van der Waals surface area contributed by atoms with E-state index in [0.29, 0.717) is 0 Å². The largest absolute Gasteiger partial charge is 0.316 e. The van der Waals surface area contributed by atoms with Gasteiger partial charge in [-0.05, 0) is 66.1 Å². The van der Waals surface area contributed by atoms with Gasteiger partial charge in [0.05, 0.1) is 0 Å². The highest BCUT2D eigenvalue weighted by Crippen LogP contribution is 2.42. The van der Waals surface area contributed by atoms with Crippen molar-refractivity contribution >= 4 is 11.3 Å². The Hall–Kier alpha value is -0.340. The summed E-state index contributed by atoms with van der Waals surface area (Å²) >= 11 is 1.83. The third-order valence-corrected chi connectivity index (χ3v) is 4.05. The minimum Gasteiger partial charge on any atom is -0.316 e. The van der Waals surface area contributed by atoms with Gasteiger partial charge in [0, 0.05) is 0 Å². The minimum absolute atomic E-state index is 0.768. The van der Waals surface area contributed by atoms with Crippen molar-refractivity contribution in [2.75, 3.05) is 13.1 Å². The van der Waals surface area contributed by atoms with Gasteiger partial charge >= 0.3 is 0 Å². The zero-order chi connectivity index (χ0) is 10.7. The molecule has 1 fully saturated rings. The molecule has 0 aliphatic heterocycles. The van der Waals surface area contributed by atoms with E-state index in [9.17, 15) is 0 Å². The van der Waals surface area contributed by atoms with Crippen LogP contribution in [-0.2, 0) is 0 Å². The molecule has 1 saturated carbocycles.